The van der Waals surface area contributed by atoms with Gasteiger partial charge in [0.1, 0.15) is 0 Å². The molecule has 9 heteroatoms. The Morgan fingerprint density at radius 1 is 1.12 bits per heavy atom. The summed E-state index contributed by atoms with van der Waals surface area (Å²) in [5.74, 6) is -1.90. The largest absolute Gasteiger partial charge is 0.452 e. The molecule has 1 saturated carbocycles. The second kappa shape index (κ2) is 9.65. The number of ether oxygens (including phenoxy) is 1. The fourth-order valence-corrected chi connectivity index (χ4v) is 5.13. The number of rotatable bonds is 5. The molecule has 7 nitrogen and oxygen atoms in total. The third-order valence-corrected chi connectivity index (χ3v) is 6.87. The summed E-state index contributed by atoms with van der Waals surface area (Å²) in [7, 11) is 0. The zero-order valence-corrected chi connectivity index (χ0v) is 20.2. The maximum atomic E-state index is 12.9. The Kier molecular flexibility index (Phi) is 6.86. The highest BCUT2D eigenvalue weighted by atomic mass is 79.9. The summed E-state index contributed by atoms with van der Waals surface area (Å²) in [4.78, 5) is 51.7. The molecule has 3 amide bonds. The first kappa shape index (κ1) is 23.4. The van der Waals surface area contributed by atoms with Crippen molar-refractivity contribution >= 4 is 62.6 Å². The van der Waals surface area contributed by atoms with Crippen molar-refractivity contribution in [1.82, 2.24) is 0 Å². The SMILES string of the molecule is C[C@@H]1CC[C@@H]2C(=O)N(c3cccc(C(=O)OCC(=O)Nc4ccc(Br)cc4Cl)c3)C(=O)[C@@H]2C1. The van der Waals surface area contributed by atoms with Gasteiger partial charge >= 0.3 is 5.97 Å². The van der Waals surface area contributed by atoms with Crippen molar-refractivity contribution in [1.29, 1.82) is 0 Å². The van der Waals surface area contributed by atoms with Gasteiger partial charge in [-0.05, 0) is 61.6 Å². The Morgan fingerprint density at radius 2 is 1.88 bits per heavy atom. The van der Waals surface area contributed by atoms with Crippen molar-refractivity contribution in [2.45, 2.75) is 26.2 Å². The number of fused-ring (bicyclic) bond motifs is 1. The standard InChI is InChI=1S/C24H22BrClN2O5/c1-13-5-7-17-18(9-13)23(31)28(22(17)30)16-4-2-3-14(10-16)24(32)33-12-21(29)27-20-8-6-15(25)11-19(20)26/h2-4,6,8,10-11,13,17-18H,5,7,9,12H2,1H3,(H,27,29)/t13-,17+,18-/m1/s1. The monoisotopic (exact) mass is 532 g/mol. The lowest BCUT2D eigenvalue weighted by atomic mass is 9.76. The summed E-state index contributed by atoms with van der Waals surface area (Å²) in [5.41, 5.74) is 0.878. The Labute approximate surface area is 204 Å². The van der Waals surface area contributed by atoms with Crippen LogP contribution in [0.3, 0.4) is 0 Å². The van der Waals surface area contributed by atoms with Gasteiger partial charge in [0.15, 0.2) is 6.61 Å². The topological polar surface area (TPSA) is 92.8 Å². The first-order chi connectivity index (χ1) is 15.7. The molecule has 4 rings (SSSR count). The molecule has 2 aromatic carbocycles. The number of benzene rings is 2. The molecular weight excluding hydrogens is 512 g/mol. The lowest BCUT2D eigenvalue weighted by molar-refractivity contribution is -0.122. The maximum Gasteiger partial charge on any atom is 0.338 e. The highest BCUT2D eigenvalue weighted by Gasteiger charge is 2.50. The van der Waals surface area contributed by atoms with E-state index in [-0.39, 0.29) is 29.2 Å². The van der Waals surface area contributed by atoms with Gasteiger partial charge < -0.3 is 10.1 Å². The van der Waals surface area contributed by atoms with Crippen LogP contribution in [0.15, 0.2) is 46.9 Å². The van der Waals surface area contributed by atoms with Crippen molar-refractivity contribution in [2.24, 2.45) is 17.8 Å². The number of nitrogens with one attached hydrogen (secondary N) is 1. The van der Waals surface area contributed by atoms with Crippen LogP contribution < -0.4 is 10.2 Å². The average molecular weight is 534 g/mol. The number of halogens is 2. The fourth-order valence-electron chi connectivity index (χ4n) is 4.41. The molecule has 1 N–H and O–H groups in total. The van der Waals surface area contributed by atoms with Crippen molar-refractivity contribution < 1.29 is 23.9 Å². The predicted octanol–water partition coefficient (Wildman–Crippen LogP) is 4.82. The maximum absolute atomic E-state index is 12.9. The molecule has 0 aromatic heterocycles. The molecule has 172 valence electrons. The number of carbonyl (C=O) groups excluding carboxylic acids is 4. The normalized spacial score (nSPS) is 22.2. The number of hydrogen-bond acceptors (Lipinski definition) is 5. The third-order valence-electron chi connectivity index (χ3n) is 6.07. The fraction of sp³-hybridized carbons (Fsp3) is 0.333. The number of hydrogen-bond donors (Lipinski definition) is 1. The van der Waals surface area contributed by atoms with E-state index in [4.69, 9.17) is 16.3 Å². The lowest BCUT2D eigenvalue weighted by Crippen LogP contribution is -2.31. The zero-order chi connectivity index (χ0) is 23.7. The van der Waals surface area contributed by atoms with Crippen LogP contribution in [-0.2, 0) is 19.1 Å². The number of anilines is 2. The molecule has 2 aromatic rings. The van der Waals surface area contributed by atoms with Crippen LogP contribution in [0, 0.1) is 17.8 Å². The van der Waals surface area contributed by atoms with Gasteiger partial charge in [-0.15, -0.1) is 0 Å². The average Bonchev–Trinajstić information content (AvgIpc) is 3.03. The van der Waals surface area contributed by atoms with Crippen LogP contribution in [0.4, 0.5) is 11.4 Å². The van der Waals surface area contributed by atoms with E-state index in [2.05, 4.69) is 28.2 Å². The lowest BCUT2D eigenvalue weighted by Gasteiger charge is -2.25. The first-order valence-corrected chi connectivity index (χ1v) is 11.8. The predicted molar refractivity (Wildman–Crippen MR) is 127 cm³/mol. The highest BCUT2D eigenvalue weighted by Crippen LogP contribution is 2.42. The summed E-state index contributed by atoms with van der Waals surface area (Å²) in [5, 5.41) is 2.92. The molecule has 33 heavy (non-hydrogen) atoms. The van der Waals surface area contributed by atoms with E-state index < -0.39 is 18.5 Å². The van der Waals surface area contributed by atoms with Crippen LogP contribution in [0.25, 0.3) is 0 Å². The van der Waals surface area contributed by atoms with E-state index in [9.17, 15) is 19.2 Å². The summed E-state index contributed by atoms with van der Waals surface area (Å²) < 4.78 is 5.88. The van der Waals surface area contributed by atoms with Gasteiger partial charge in [-0.3, -0.25) is 19.3 Å². The molecule has 0 radical (unpaired) electrons. The molecule has 0 bridgehead atoms. The van der Waals surface area contributed by atoms with Crippen LogP contribution in [0.2, 0.25) is 5.02 Å². The highest BCUT2D eigenvalue weighted by molar-refractivity contribution is 9.10. The number of imide groups is 1. The Morgan fingerprint density at radius 3 is 2.64 bits per heavy atom. The van der Waals surface area contributed by atoms with E-state index in [0.717, 1.165) is 10.9 Å². The molecule has 2 aliphatic rings. The van der Waals surface area contributed by atoms with E-state index >= 15 is 0 Å². The molecule has 0 unspecified atom stereocenters. The molecule has 1 aliphatic carbocycles. The summed E-state index contributed by atoms with van der Waals surface area (Å²) in [6, 6.07) is 11.1. The van der Waals surface area contributed by atoms with Crippen LogP contribution in [-0.4, -0.2) is 30.3 Å². The van der Waals surface area contributed by atoms with Crippen LogP contribution in [0.5, 0.6) is 0 Å². The van der Waals surface area contributed by atoms with Gasteiger partial charge in [-0.2, -0.15) is 0 Å². The van der Waals surface area contributed by atoms with Gasteiger partial charge in [0.2, 0.25) is 11.8 Å². The van der Waals surface area contributed by atoms with E-state index in [0.29, 0.717) is 35.2 Å². The second-order valence-electron chi connectivity index (χ2n) is 8.44. The summed E-state index contributed by atoms with van der Waals surface area (Å²) in [6.45, 7) is 1.58. The first-order valence-electron chi connectivity index (χ1n) is 10.6. The van der Waals surface area contributed by atoms with Crippen LogP contribution in [0.1, 0.15) is 36.5 Å². The summed E-state index contributed by atoms with van der Waals surface area (Å²) >= 11 is 9.36. The van der Waals surface area contributed by atoms with Gasteiger partial charge in [0.25, 0.3) is 5.91 Å². The number of esters is 1. The Hall–Kier alpha value is -2.71. The number of amides is 3. The minimum absolute atomic E-state index is 0.144. The van der Waals surface area contributed by atoms with Gasteiger partial charge in [-0.25, -0.2) is 4.79 Å². The smallest absolute Gasteiger partial charge is 0.338 e. The Bertz CT molecular complexity index is 1140. The van der Waals surface area contributed by atoms with Crippen molar-refractivity contribution in [3.63, 3.8) is 0 Å². The molecular formula is C24H22BrClN2O5. The van der Waals surface area contributed by atoms with E-state index in [1.54, 1.807) is 30.3 Å². The molecule has 2 fully saturated rings. The van der Waals surface area contributed by atoms with E-state index in [1.165, 1.54) is 17.0 Å². The molecule has 0 spiro atoms. The van der Waals surface area contributed by atoms with Gasteiger partial charge in [0, 0.05) is 4.47 Å². The quantitative estimate of drug-likeness (QED) is 0.439. The molecule has 1 aliphatic heterocycles. The van der Waals surface area contributed by atoms with Crippen molar-refractivity contribution in [3.8, 4) is 0 Å². The molecule has 1 saturated heterocycles. The van der Waals surface area contributed by atoms with E-state index in [1.807, 2.05) is 0 Å². The zero-order valence-electron chi connectivity index (χ0n) is 17.8. The van der Waals surface area contributed by atoms with Crippen LogP contribution >= 0.6 is 27.5 Å². The molecule has 3 atom stereocenters. The Balaban J connectivity index is 1.41. The number of carbonyl (C=O) groups is 4. The second-order valence-corrected chi connectivity index (χ2v) is 9.76. The number of nitrogens with zero attached hydrogens (tertiary/aromatic N) is 1. The third kappa shape index (κ3) is 4.96. The minimum atomic E-state index is -0.737. The molecule has 1 heterocycles. The summed E-state index contributed by atoms with van der Waals surface area (Å²) in [6.07, 6.45) is 2.32. The van der Waals surface area contributed by atoms with Gasteiger partial charge in [0.05, 0.1) is 33.8 Å². The minimum Gasteiger partial charge on any atom is -0.452 e. The van der Waals surface area contributed by atoms with Crippen molar-refractivity contribution in [2.75, 3.05) is 16.8 Å². The van der Waals surface area contributed by atoms with Crippen molar-refractivity contribution in [3.05, 3.63) is 57.5 Å². The van der Waals surface area contributed by atoms with Gasteiger partial charge in [-0.1, -0.05) is 40.5 Å².